The second kappa shape index (κ2) is 7.61. The number of furan rings is 1. The van der Waals surface area contributed by atoms with E-state index < -0.39 is 10.0 Å². The van der Waals surface area contributed by atoms with Gasteiger partial charge in [0, 0.05) is 25.2 Å². The molecule has 1 aliphatic rings. The summed E-state index contributed by atoms with van der Waals surface area (Å²) in [6.45, 7) is 0.867. The lowest BCUT2D eigenvalue weighted by Crippen LogP contribution is -2.34. The number of likely N-dealkylation sites (N-methyl/N-ethyl adjacent to an activating group) is 1. The van der Waals surface area contributed by atoms with Crippen molar-refractivity contribution in [2.75, 3.05) is 32.1 Å². The Morgan fingerprint density at radius 3 is 2.50 bits per heavy atom. The zero-order valence-electron chi connectivity index (χ0n) is 14.9. The molecule has 0 radical (unpaired) electrons. The third-order valence-electron chi connectivity index (χ3n) is 4.49. The molecule has 2 heterocycles. The first kappa shape index (κ1) is 18.6. The maximum absolute atomic E-state index is 12.6. The van der Waals surface area contributed by atoms with Gasteiger partial charge in [-0.1, -0.05) is 0 Å². The summed E-state index contributed by atoms with van der Waals surface area (Å²) in [5, 5.41) is 0. The Hall–Kier alpha value is -2.16. The molecule has 1 atom stereocenters. The fourth-order valence-corrected chi connectivity index (χ4v) is 4.06. The van der Waals surface area contributed by atoms with Gasteiger partial charge < -0.3 is 9.32 Å². The molecule has 2 aromatic rings. The fraction of sp³-hybridized carbons (Fsp3) is 0.389. The van der Waals surface area contributed by atoms with Crippen molar-refractivity contribution < 1.29 is 17.6 Å². The van der Waals surface area contributed by atoms with Crippen LogP contribution in [0.2, 0.25) is 0 Å². The third kappa shape index (κ3) is 3.98. The molecule has 140 valence electrons. The van der Waals surface area contributed by atoms with Crippen LogP contribution in [0.25, 0.3) is 0 Å². The molecule has 1 fully saturated rings. The average molecular weight is 377 g/mol. The number of carbonyl (C=O) groups excluding carboxylic acids is 1. The molecule has 0 bridgehead atoms. The van der Waals surface area contributed by atoms with E-state index in [-0.39, 0.29) is 23.4 Å². The molecule has 0 aliphatic carbocycles. The van der Waals surface area contributed by atoms with E-state index in [2.05, 4.69) is 4.72 Å². The van der Waals surface area contributed by atoms with Crippen molar-refractivity contribution >= 4 is 21.6 Å². The Kier molecular flexibility index (Phi) is 5.45. The van der Waals surface area contributed by atoms with Gasteiger partial charge in [-0.3, -0.25) is 9.69 Å². The molecule has 1 aromatic carbocycles. The molecular weight excluding hydrogens is 354 g/mol. The SMILES string of the molecule is CN(C)C(CNS(=O)(=O)c1ccc(N2CCCC2=O)cc1)c1ccco1. The summed E-state index contributed by atoms with van der Waals surface area (Å²) in [5.41, 5.74) is 0.730. The molecular formula is C18H23N3O4S. The Labute approximate surface area is 153 Å². The van der Waals surface area contributed by atoms with Crippen molar-refractivity contribution in [1.29, 1.82) is 0 Å². The van der Waals surface area contributed by atoms with Crippen LogP contribution in [0.4, 0.5) is 5.69 Å². The summed E-state index contributed by atoms with van der Waals surface area (Å²) in [7, 11) is 0.0733. The van der Waals surface area contributed by atoms with E-state index in [1.54, 1.807) is 29.4 Å². The summed E-state index contributed by atoms with van der Waals surface area (Å²) < 4.78 is 33.2. The normalized spacial score (nSPS) is 16.4. The second-order valence-corrected chi connectivity index (χ2v) is 8.26. The Bertz CT molecular complexity index is 845. The maximum atomic E-state index is 12.6. The fourth-order valence-electron chi connectivity index (χ4n) is 3.02. The molecule has 1 saturated heterocycles. The summed E-state index contributed by atoms with van der Waals surface area (Å²) in [6.07, 6.45) is 2.94. The minimum Gasteiger partial charge on any atom is -0.468 e. The van der Waals surface area contributed by atoms with Crippen LogP contribution in [0.1, 0.15) is 24.6 Å². The summed E-state index contributed by atoms with van der Waals surface area (Å²) in [6, 6.07) is 9.80. The van der Waals surface area contributed by atoms with Crippen LogP contribution in [-0.2, 0) is 14.8 Å². The van der Waals surface area contributed by atoms with E-state index in [4.69, 9.17) is 4.42 Å². The van der Waals surface area contributed by atoms with E-state index in [0.717, 1.165) is 12.1 Å². The van der Waals surface area contributed by atoms with Gasteiger partial charge in [-0.05, 0) is 56.9 Å². The molecule has 7 nitrogen and oxygen atoms in total. The molecule has 8 heteroatoms. The van der Waals surface area contributed by atoms with Gasteiger partial charge in [-0.2, -0.15) is 0 Å². The number of hydrogen-bond donors (Lipinski definition) is 1. The monoisotopic (exact) mass is 377 g/mol. The van der Waals surface area contributed by atoms with Crippen LogP contribution < -0.4 is 9.62 Å². The molecule has 3 rings (SSSR count). The van der Waals surface area contributed by atoms with Crippen molar-refractivity contribution in [2.24, 2.45) is 0 Å². The smallest absolute Gasteiger partial charge is 0.240 e. The van der Waals surface area contributed by atoms with E-state index in [1.165, 1.54) is 12.1 Å². The van der Waals surface area contributed by atoms with Gasteiger partial charge in [0.25, 0.3) is 0 Å². The van der Waals surface area contributed by atoms with E-state index in [0.29, 0.717) is 18.7 Å². The molecule has 0 saturated carbocycles. The molecule has 1 amide bonds. The van der Waals surface area contributed by atoms with Crippen molar-refractivity contribution in [2.45, 2.75) is 23.8 Å². The van der Waals surface area contributed by atoms with Crippen molar-refractivity contribution in [1.82, 2.24) is 9.62 Å². The van der Waals surface area contributed by atoms with Gasteiger partial charge >= 0.3 is 0 Å². The minimum absolute atomic E-state index is 0.0750. The molecule has 1 unspecified atom stereocenters. The number of nitrogens with one attached hydrogen (secondary N) is 1. The molecule has 1 N–H and O–H groups in total. The van der Waals surface area contributed by atoms with Gasteiger partial charge in [0.05, 0.1) is 17.2 Å². The van der Waals surface area contributed by atoms with Gasteiger partial charge in [-0.15, -0.1) is 0 Å². The van der Waals surface area contributed by atoms with Gasteiger partial charge in [-0.25, -0.2) is 13.1 Å². The highest BCUT2D eigenvalue weighted by atomic mass is 32.2. The van der Waals surface area contributed by atoms with Crippen LogP contribution in [-0.4, -0.2) is 46.4 Å². The van der Waals surface area contributed by atoms with Crippen LogP contribution in [0, 0.1) is 0 Å². The highest BCUT2D eigenvalue weighted by molar-refractivity contribution is 7.89. The number of amides is 1. The zero-order chi connectivity index (χ0) is 18.7. The second-order valence-electron chi connectivity index (χ2n) is 6.49. The van der Waals surface area contributed by atoms with E-state index in [9.17, 15) is 13.2 Å². The molecule has 1 aliphatic heterocycles. The standard InChI is InChI=1S/C18H23N3O4S/c1-20(2)16(17-5-4-12-25-17)13-19-26(23,24)15-9-7-14(8-10-15)21-11-3-6-18(21)22/h4-5,7-10,12,16,19H,3,6,11,13H2,1-2H3. The van der Waals surface area contributed by atoms with E-state index in [1.807, 2.05) is 25.1 Å². The summed E-state index contributed by atoms with van der Waals surface area (Å²) >= 11 is 0. The maximum Gasteiger partial charge on any atom is 0.240 e. The lowest BCUT2D eigenvalue weighted by Gasteiger charge is -2.22. The largest absolute Gasteiger partial charge is 0.468 e. The summed E-state index contributed by atoms with van der Waals surface area (Å²) in [5.74, 6) is 0.770. The first-order chi connectivity index (χ1) is 12.4. The van der Waals surface area contributed by atoms with Crippen LogP contribution >= 0.6 is 0 Å². The van der Waals surface area contributed by atoms with Gasteiger partial charge in [0.1, 0.15) is 5.76 Å². The number of carbonyl (C=O) groups is 1. The molecule has 26 heavy (non-hydrogen) atoms. The van der Waals surface area contributed by atoms with Gasteiger partial charge in [0.2, 0.25) is 15.9 Å². The predicted octanol–water partition coefficient (Wildman–Crippen LogP) is 1.99. The van der Waals surface area contributed by atoms with Crippen molar-refractivity contribution in [3.8, 4) is 0 Å². The quantitative estimate of drug-likeness (QED) is 0.798. The highest BCUT2D eigenvalue weighted by Crippen LogP contribution is 2.23. The van der Waals surface area contributed by atoms with Crippen LogP contribution in [0.5, 0.6) is 0 Å². The number of rotatable bonds is 7. The Balaban J connectivity index is 1.70. The predicted molar refractivity (Wildman–Crippen MR) is 98.4 cm³/mol. The lowest BCUT2D eigenvalue weighted by atomic mass is 10.2. The summed E-state index contributed by atoms with van der Waals surface area (Å²) in [4.78, 5) is 15.5. The number of hydrogen-bond acceptors (Lipinski definition) is 5. The Morgan fingerprint density at radius 1 is 1.23 bits per heavy atom. The van der Waals surface area contributed by atoms with Crippen LogP contribution in [0.15, 0.2) is 52.0 Å². The molecule has 1 aromatic heterocycles. The first-order valence-electron chi connectivity index (χ1n) is 8.48. The Morgan fingerprint density at radius 2 is 1.96 bits per heavy atom. The molecule has 0 spiro atoms. The average Bonchev–Trinajstić information content (AvgIpc) is 3.27. The lowest BCUT2D eigenvalue weighted by molar-refractivity contribution is -0.117. The van der Waals surface area contributed by atoms with E-state index >= 15 is 0 Å². The van der Waals surface area contributed by atoms with Gasteiger partial charge in [0.15, 0.2) is 0 Å². The highest BCUT2D eigenvalue weighted by Gasteiger charge is 2.24. The number of anilines is 1. The number of nitrogens with zero attached hydrogens (tertiary/aromatic N) is 2. The van der Waals surface area contributed by atoms with Crippen molar-refractivity contribution in [3.63, 3.8) is 0 Å². The topological polar surface area (TPSA) is 82.9 Å². The number of sulfonamides is 1. The zero-order valence-corrected chi connectivity index (χ0v) is 15.7. The minimum atomic E-state index is -3.66. The van der Waals surface area contributed by atoms with Crippen LogP contribution in [0.3, 0.4) is 0 Å². The first-order valence-corrected chi connectivity index (χ1v) is 9.97. The van der Waals surface area contributed by atoms with Crippen molar-refractivity contribution in [3.05, 3.63) is 48.4 Å². The third-order valence-corrected chi connectivity index (χ3v) is 5.93. The number of benzene rings is 1.